The Kier molecular flexibility index (Phi) is 5.16. The van der Waals surface area contributed by atoms with Crippen LogP contribution in [0.3, 0.4) is 0 Å². The van der Waals surface area contributed by atoms with E-state index < -0.39 is 0 Å². The van der Waals surface area contributed by atoms with Gasteiger partial charge in [0.15, 0.2) is 0 Å². The molecule has 0 bridgehead atoms. The van der Waals surface area contributed by atoms with Gasteiger partial charge in [0.1, 0.15) is 5.75 Å². The maximum Gasteiger partial charge on any atom is 0.272 e. The van der Waals surface area contributed by atoms with Crippen molar-refractivity contribution in [3.8, 4) is 5.75 Å². The number of H-pyrrole nitrogens is 1. The van der Waals surface area contributed by atoms with Gasteiger partial charge >= 0.3 is 0 Å². The van der Waals surface area contributed by atoms with Crippen LogP contribution in [-0.4, -0.2) is 22.9 Å². The minimum atomic E-state index is -0.291. The molecule has 21 heavy (non-hydrogen) atoms. The van der Waals surface area contributed by atoms with Gasteiger partial charge in [-0.3, -0.25) is 19.4 Å². The minimum absolute atomic E-state index is 0.224. The van der Waals surface area contributed by atoms with Gasteiger partial charge in [0.2, 0.25) is 0 Å². The van der Waals surface area contributed by atoms with Crippen molar-refractivity contribution in [1.82, 2.24) is 9.78 Å². The van der Waals surface area contributed by atoms with E-state index in [0.29, 0.717) is 23.1 Å². The molecular weight excluding hydrogens is 270 g/mol. The molecule has 0 aliphatic carbocycles. The molecule has 1 aromatic heterocycles. The van der Waals surface area contributed by atoms with Crippen molar-refractivity contribution in [1.29, 1.82) is 0 Å². The summed E-state index contributed by atoms with van der Waals surface area (Å²) in [6, 6.07) is 4.98. The molecule has 0 spiro atoms. The van der Waals surface area contributed by atoms with E-state index in [4.69, 9.17) is 10.5 Å². The number of hydrogen-bond acceptors (Lipinski definition) is 4. The molecule has 1 aromatic carbocycles. The highest BCUT2D eigenvalue weighted by molar-refractivity contribution is 5.81. The third kappa shape index (κ3) is 3.72. The summed E-state index contributed by atoms with van der Waals surface area (Å²) in [5, 5.41) is 3.24. The topological polar surface area (TPSA) is 90.1 Å². The summed E-state index contributed by atoms with van der Waals surface area (Å²) in [5.41, 5.74) is 4.92. The highest BCUT2D eigenvalue weighted by Gasteiger charge is 2.06. The van der Waals surface area contributed by atoms with Crippen LogP contribution in [0.15, 0.2) is 27.8 Å². The number of hydrogen-bond donors (Lipinski definition) is 2. The lowest BCUT2D eigenvalue weighted by Gasteiger charge is -2.07. The quantitative estimate of drug-likeness (QED) is 0.748. The van der Waals surface area contributed by atoms with E-state index in [-0.39, 0.29) is 11.1 Å². The number of fused-ring (bicyclic) bond motifs is 1. The summed E-state index contributed by atoms with van der Waals surface area (Å²) >= 11 is 0. The molecule has 0 atom stereocenters. The van der Waals surface area contributed by atoms with Crippen LogP contribution in [0.1, 0.15) is 25.7 Å². The van der Waals surface area contributed by atoms with Gasteiger partial charge in [0.25, 0.3) is 11.1 Å². The summed E-state index contributed by atoms with van der Waals surface area (Å²) in [5.74, 6) is 0.611. The molecule has 0 fully saturated rings. The largest absolute Gasteiger partial charge is 0.494 e. The van der Waals surface area contributed by atoms with E-state index in [9.17, 15) is 9.59 Å². The predicted molar refractivity (Wildman–Crippen MR) is 82.8 cm³/mol. The number of unbranched alkanes of at least 4 members (excludes halogenated alkanes) is 3. The Morgan fingerprint density at radius 1 is 1.14 bits per heavy atom. The fourth-order valence-electron chi connectivity index (χ4n) is 2.22. The first-order chi connectivity index (χ1) is 10.1. The van der Waals surface area contributed by atoms with E-state index in [1.54, 1.807) is 18.2 Å². The van der Waals surface area contributed by atoms with E-state index in [2.05, 4.69) is 5.10 Å². The summed E-state index contributed by atoms with van der Waals surface area (Å²) in [4.78, 5) is 23.8. The standard InChI is InChI=1S/C15H21N3O3/c1-18-15(20)12-7-6-11(10-13(12)14(19)17-18)21-9-5-3-2-4-8-16/h6-7,10H,2-5,8-9,16H2,1H3,(H,17,19). The van der Waals surface area contributed by atoms with Crippen LogP contribution in [0.4, 0.5) is 0 Å². The lowest BCUT2D eigenvalue weighted by molar-refractivity contribution is 0.305. The highest BCUT2D eigenvalue weighted by Crippen LogP contribution is 2.16. The number of rotatable bonds is 7. The molecule has 0 unspecified atom stereocenters. The molecule has 0 aliphatic rings. The van der Waals surface area contributed by atoms with Gasteiger partial charge in [-0.15, -0.1) is 0 Å². The molecule has 114 valence electrons. The zero-order chi connectivity index (χ0) is 15.2. The SMILES string of the molecule is Cn1[nH]c(=O)c2cc(OCCCCCCN)ccc2c1=O. The molecule has 2 aromatic rings. The van der Waals surface area contributed by atoms with Gasteiger partial charge in [0.05, 0.1) is 17.4 Å². The van der Waals surface area contributed by atoms with Crippen LogP contribution in [0.5, 0.6) is 5.75 Å². The number of nitrogens with zero attached hydrogens (tertiary/aromatic N) is 1. The van der Waals surface area contributed by atoms with Crippen LogP contribution in [0, 0.1) is 0 Å². The number of nitrogens with two attached hydrogens (primary N) is 1. The van der Waals surface area contributed by atoms with Gasteiger partial charge < -0.3 is 10.5 Å². The van der Waals surface area contributed by atoms with Gasteiger partial charge in [-0.2, -0.15) is 0 Å². The summed E-state index contributed by atoms with van der Waals surface area (Å²) < 4.78 is 6.81. The Bertz CT molecular complexity index is 718. The van der Waals surface area contributed by atoms with E-state index in [1.165, 1.54) is 11.7 Å². The third-order valence-electron chi connectivity index (χ3n) is 3.41. The van der Waals surface area contributed by atoms with Gasteiger partial charge in [-0.25, -0.2) is 0 Å². The first kappa shape index (κ1) is 15.3. The zero-order valence-corrected chi connectivity index (χ0v) is 12.2. The minimum Gasteiger partial charge on any atom is -0.494 e. The summed E-state index contributed by atoms with van der Waals surface area (Å²) in [6.45, 7) is 1.32. The van der Waals surface area contributed by atoms with E-state index in [0.717, 1.165) is 32.2 Å². The Morgan fingerprint density at radius 3 is 2.67 bits per heavy atom. The van der Waals surface area contributed by atoms with E-state index in [1.807, 2.05) is 0 Å². The fourth-order valence-corrected chi connectivity index (χ4v) is 2.22. The molecule has 2 rings (SSSR count). The molecule has 0 amide bonds. The number of benzene rings is 1. The van der Waals surface area contributed by atoms with Gasteiger partial charge in [-0.05, 0) is 37.6 Å². The Morgan fingerprint density at radius 2 is 1.90 bits per heavy atom. The molecule has 6 nitrogen and oxygen atoms in total. The average molecular weight is 291 g/mol. The molecule has 3 N–H and O–H groups in total. The Labute approximate surface area is 122 Å². The lowest BCUT2D eigenvalue weighted by atomic mass is 10.2. The zero-order valence-electron chi connectivity index (χ0n) is 12.2. The summed E-state index contributed by atoms with van der Waals surface area (Å²) in [7, 11) is 1.52. The molecule has 1 heterocycles. The van der Waals surface area contributed by atoms with Crippen molar-refractivity contribution in [3.05, 3.63) is 38.9 Å². The van der Waals surface area contributed by atoms with Crippen molar-refractivity contribution in [2.45, 2.75) is 25.7 Å². The molecule has 0 aliphatic heterocycles. The average Bonchev–Trinajstić information content (AvgIpc) is 2.48. The second-order valence-electron chi connectivity index (χ2n) is 5.06. The fraction of sp³-hybridized carbons (Fsp3) is 0.467. The van der Waals surface area contributed by atoms with E-state index >= 15 is 0 Å². The predicted octanol–water partition coefficient (Wildman–Crippen LogP) is 1.12. The normalized spacial score (nSPS) is 11.0. The number of ether oxygens (including phenoxy) is 1. The number of nitrogens with one attached hydrogen (secondary N) is 1. The third-order valence-corrected chi connectivity index (χ3v) is 3.41. The molecule has 0 saturated carbocycles. The number of aromatic nitrogens is 2. The smallest absolute Gasteiger partial charge is 0.272 e. The van der Waals surface area contributed by atoms with Crippen molar-refractivity contribution >= 4 is 10.8 Å². The molecule has 6 heteroatoms. The number of aryl methyl sites for hydroxylation is 1. The monoisotopic (exact) mass is 291 g/mol. The lowest BCUT2D eigenvalue weighted by Crippen LogP contribution is -2.27. The maximum absolute atomic E-state index is 11.9. The van der Waals surface area contributed by atoms with Crippen LogP contribution in [0.2, 0.25) is 0 Å². The van der Waals surface area contributed by atoms with Crippen LogP contribution in [0.25, 0.3) is 10.8 Å². The molecule has 0 saturated heterocycles. The maximum atomic E-state index is 11.9. The summed E-state index contributed by atoms with van der Waals surface area (Å²) in [6.07, 6.45) is 4.17. The molecule has 0 radical (unpaired) electrons. The number of aromatic amines is 1. The first-order valence-corrected chi connectivity index (χ1v) is 7.19. The van der Waals surface area contributed by atoms with Crippen LogP contribution < -0.4 is 21.6 Å². The van der Waals surface area contributed by atoms with Crippen molar-refractivity contribution < 1.29 is 4.74 Å². The van der Waals surface area contributed by atoms with Crippen LogP contribution in [-0.2, 0) is 7.05 Å². The van der Waals surface area contributed by atoms with Gasteiger partial charge in [0, 0.05) is 7.05 Å². The van der Waals surface area contributed by atoms with Crippen molar-refractivity contribution in [3.63, 3.8) is 0 Å². The van der Waals surface area contributed by atoms with Crippen LogP contribution >= 0.6 is 0 Å². The second kappa shape index (κ2) is 7.08. The Hall–Kier alpha value is -2.08. The Balaban J connectivity index is 2.06. The molecular formula is C15H21N3O3. The van der Waals surface area contributed by atoms with Gasteiger partial charge in [-0.1, -0.05) is 12.8 Å². The van der Waals surface area contributed by atoms with Crippen molar-refractivity contribution in [2.24, 2.45) is 12.8 Å². The first-order valence-electron chi connectivity index (χ1n) is 7.19. The highest BCUT2D eigenvalue weighted by atomic mass is 16.5. The van der Waals surface area contributed by atoms with Crippen molar-refractivity contribution in [2.75, 3.05) is 13.2 Å². The second-order valence-corrected chi connectivity index (χ2v) is 5.06.